The Morgan fingerprint density at radius 3 is 2.69 bits per heavy atom. The summed E-state index contributed by atoms with van der Waals surface area (Å²) in [5, 5.41) is 4.78. The van der Waals surface area contributed by atoms with Crippen molar-refractivity contribution in [2.24, 2.45) is 0 Å². The third-order valence-corrected chi connectivity index (χ3v) is 1.94. The van der Waals surface area contributed by atoms with Gasteiger partial charge in [-0.3, -0.25) is 0 Å². The van der Waals surface area contributed by atoms with E-state index in [0.717, 1.165) is 5.39 Å². The second-order valence-electron chi connectivity index (χ2n) is 2.71. The highest BCUT2D eigenvalue weighted by Gasteiger charge is 2.08. The first-order valence-electron chi connectivity index (χ1n) is 3.80. The topological polar surface area (TPSA) is 79.1 Å². The van der Waals surface area contributed by atoms with Gasteiger partial charge >= 0.3 is 0 Å². The van der Waals surface area contributed by atoms with Gasteiger partial charge in [0.05, 0.1) is 11.9 Å². The summed E-state index contributed by atoms with van der Waals surface area (Å²) >= 11 is 0. The summed E-state index contributed by atoms with van der Waals surface area (Å²) in [5.74, 6) is 0. The Kier molecular flexibility index (Phi) is 1.51. The number of fused-ring (bicyclic) bond motifs is 1. The van der Waals surface area contributed by atoms with E-state index in [-0.39, 0.29) is 0 Å². The molecule has 0 aliphatic carbocycles. The van der Waals surface area contributed by atoms with E-state index in [0.29, 0.717) is 16.9 Å². The van der Waals surface area contributed by atoms with Crippen molar-refractivity contribution < 1.29 is 4.84 Å². The molecule has 0 saturated carbocycles. The van der Waals surface area contributed by atoms with Crippen molar-refractivity contribution in [3.63, 3.8) is 0 Å². The first kappa shape index (κ1) is 7.72. The van der Waals surface area contributed by atoms with Crippen molar-refractivity contribution in [2.45, 2.75) is 0 Å². The molecule has 1 heterocycles. The molecule has 0 amide bonds. The van der Waals surface area contributed by atoms with E-state index in [1.54, 1.807) is 18.3 Å². The van der Waals surface area contributed by atoms with Gasteiger partial charge in [-0.05, 0) is 12.1 Å². The highest BCUT2D eigenvalue weighted by Crippen LogP contribution is 2.25. The standard InChI is InChI=1S/C8H10N4O/c1-13-12-8-5(4-11-12)6(9)2-3-7(8)10/h2-4H,9-10H2,1H3. The lowest BCUT2D eigenvalue weighted by molar-refractivity contribution is 0.145. The van der Waals surface area contributed by atoms with Gasteiger partial charge < -0.3 is 16.3 Å². The first-order valence-corrected chi connectivity index (χ1v) is 3.80. The molecule has 1 aromatic carbocycles. The molecule has 5 nitrogen and oxygen atoms in total. The van der Waals surface area contributed by atoms with E-state index in [4.69, 9.17) is 16.3 Å². The van der Waals surface area contributed by atoms with E-state index >= 15 is 0 Å². The summed E-state index contributed by atoms with van der Waals surface area (Å²) in [5.41, 5.74) is 13.4. The van der Waals surface area contributed by atoms with Crippen molar-refractivity contribution in [3.05, 3.63) is 18.3 Å². The molecule has 2 aromatic rings. The maximum absolute atomic E-state index is 5.75. The van der Waals surface area contributed by atoms with Gasteiger partial charge in [0.15, 0.2) is 0 Å². The number of aromatic nitrogens is 2. The quantitative estimate of drug-likeness (QED) is 0.614. The summed E-state index contributed by atoms with van der Waals surface area (Å²) in [6, 6.07) is 3.48. The van der Waals surface area contributed by atoms with Crippen molar-refractivity contribution >= 4 is 22.3 Å². The van der Waals surface area contributed by atoms with Gasteiger partial charge in [0.25, 0.3) is 0 Å². The molecule has 0 unspecified atom stereocenters. The molecule has 0 aliphatic heterocycles. The fraction of sp³-hybridized carbons (Fsp3) is 0.125. The number of rotatable bonds is 1. The molecule has 0 radical (unpaired) electrons. The first-order chi connectivity index (χ1) is 6.24. The van der Waals surface area contributed by atoms with E-state index in [1.807, 2.05) is 0 Å². The van der Waals surface area contributed by atoms with Gasteiger partial charge in [-0.2, -0.15) is 0 Å². The van der Waals surface area contributed by atoms with Crippen molar-refractivity contribution in [3.8, 4) is 0 Å². The Labute approximate surface area is 74.8 Å². The van der Waals surface area contributed by atoms with Crippen LogP contribution in [-0.2, 0) is 0 Å². The minimum Gasteiger partial charge on any atom is -0.399 e. The van der Waals surface area contributed by atoms with Gasteiger partial charge in [0.2, 0.25) is 0 Å². The van der Waals surface area contributed by atoms with Crippen LogP contribution < -0.4 is 16.3 Å². The minimum absolute atomic E-state index is 0.601. The van der Waals surface area contributed by atoms with Crippen molar-refractivity contribution in [1.29, 1.82) is 0 Å². The minimum atomic E-state index is 0.601. The van der Waals surface area contributed by atoms with Gasteiger partial charge in [-0.15, -0.1) is 5.10 Å². The lowest BCUT2D eigenvalue weighted by Crippen LogP contribution is -2.08. The fourth-order valence-corrected chi connectivity index (χ4v) is 1.30. The van der Waals surface area contributed by atoms with E-state index in [1.165, 1.54) is 12.0 Å². The molecule has 68 valence electrons. The average Bonchev–Trinajstić information content (AvgIpc) is 2.56. The number of nitrogens with two attached hydrogens (primary N) is 2. The van der Waals surface area contributed by atoms with Crippen LogP contribution in [-0.4, -0.2) is 17.1 Å². The third-order valence-electron chi connectivity index (χ3n) is 1.94. The summed E-state index contributed by atoms with van der Waals surface area (Å²) in [4.78, 5) is 6.32. The maximum Gasteiger partial charge on any atom is 0.135 e. The maximum atomic E-state index is 5.75. The largest absolute Gasteiger partial charge is 0.399 e. The van der Waals surface area contributed by atoms with Crippen LogP contribution in [0.4, 0.5) is 11.4 Å². The molecule has 0 bridgehead atoms. The zero-order chi connectivity index (χ0) is 9.42. The SMILES string of the molecule is COn1ncc2c(N)ccc(N)c21. The van der Waals surface area contributed by atoms with Crippen LogP contribution in [0.1, 0.15) is 0 Å². The Morgan fingerprint density at radius 2 is 2.00 bits per heavy atom. The van der Waals surface area contributed by atoms with Crippen LogP contribution in [0, 0.1) is 0 Å². The number of benzene rings is 1. The molecule has 4 N–H and O–H groups in total. The summed E-state index contributed by atoms with van der Waals surface area (Å²) in [6.07, 6.45) is 1.63. The van der Waals surface area contributed by atoms with Crippen LogP contribution in [0.2, 0.25) is 0 Å². The van der Waals surface area contributed by atoms with Crippen LogP contribution in [0.25, 0.3) is 10.9 Å². The van der Waals surface area contributed by atoms with Crippen LogP contribution in [0.15, 0.2) is 18.3 Å². The van der Waals surface area contributed by atoms with Crippen LogP contribution >= 0.6 is 0 Å². The molecule has 2 rings (SSSR count). The molecular formula is C8H10N4O. The highest BCUT2D eigenvalue weighted by molar-refractivity contribution is 5.97. The molecule has 0 aliphatic rings. The number of nitrogen functional groups attached to an aromatic ring is 2. The van der Waals surface area contributed by atoms with Crippen LogP contribution in [0.5, 0.6) is 0 Å². The Balaban J connectivity index is 2.87. The van der Waals surface area contributed by atoms with Gasteiger partial charge in [-0.1, -0.05) is 4.85 Å². The Morgan fingerprint density at radius 1 is 1.31 bits per heavy atom. The second-order valence-corrected chi connectivity index (χ2v) is 2.71. The zero-order valence-corrected chi connectivity index (χ0v) is 7.19. The Hall–Kier alpha value is -1.91. The lowest BCUT2D eigenvalue weighted by Gasteiger charge is -2.03. The monoisotopic (exact) mass is 178 g/mol. The number of anilines is 2. The van der Waals surface area contributed by atoms with E-state index in [2.05, 4.69) is 5.10 Å². The highest BCUT2D eigenvalue weighted by atomic mass is 16.7. The van der Waals surface area contributed by atoms with E-state index in [9.17, 15) is 0 Å². The number of hydrogen-bond donors (Lipinski definition) is 2. The third kappa shape index (κ3) is 0.970. The molecule has 13 heavy (non-hydrogen) atoms. The predicted molar refractivity (Wildman–Crippen MR) is 51.1 cm³/mol. The van der Waals surface area contributed by atoms with Crippen molar-refractivity contribution in [1.82, 2.24) is 9.94 Å². The van der Waals surface area contributed by atoms with Gasteiger partial charge in [-0.25, -0.2) is 0 Å². The molecule has 0 saturated heterocycles. The lowest BCUT2D eigenvalue weighted by atomic mass is 10.2. The molecule has 0 fully saturated rings. The van der Waals surface area contributed by atoms with Crippen LogP contribution in [0.3, 0.4) is 0 Å². The smallest absolute Gasteiger partial charge is 0.135 e. The van der Waals surface area contributed by atoms with Gasteiger partial charge in [0, 0.05) is 11.1 Å². The summed E-state index contributed by atoms with van der Waals surface area (Å²) < 4.78 is 0. The fourth-order valence-electron chi connectivity index (χ4n) is 1.30. The Bertz CT molecular complexity index is 449. The number of hydrogen-bond acceptors (Lipinski definition) is 4. The predicted octanol–water partition coefficient (Wildman–Crippen LogP) is 0.259. The van der Waals surface area contributed by atoms with Gasteiger partial charge in [0.1, 0.15) is 12.6 Å². The summed E-state index contributed by atoms with van der Waals surface area (Å²) in [7, 11) is 1.52. The molecule has 0 spiro atoms. The molecule has 1 aromatic heterocycles. The van der Waals surface area contributed by atoms with E-state index < -0.39 is 0 Å². The molecular weight excluding hydrogens is 168 g/mol. The zero-order valence-electron chi connectivity index (χ0n) is 7.19. The normalized spacial score (nSPS) is 10.5. The molecule has 5 heteroatoms. The average molecular weight is 178 g/mol. The second kappa shape index (κ2) is 2.55. The van der Waals surface area contributed by atoms with Crippen molar-refractivity contribution in [2.75, 3.05) is 18.6 Å². The summed E-state index contributed by atoms with van der Waals surface area (Å²) in [6.45, 7) is 0. The molecule has 0 atom stereocenters. The number of nitrogens with zero attached hydrogens (tertiary/aromatic N) is 2.